The molecule has 0 aromatic heterocycles. The van der Waals surface area contributed by atoms with Crippen molar-refractivity contribution >= 4 is 11.9 Å². The topological polar surface area (TPSA) is 66.0 Å². The molecule has 1 saturated carbocycles. The number of carbonyl (C=O) groups excluding carboxylic acids is 1. The Morgan fingerprint density at radius 3 is 2.43 bits per heavy atom. The first kappa shape index (κ1) is 22.2. The second-order valence-electron chi connectivity index (χ2n) is 7.83. The molecular formula is C22H36N4O2. The van der Waals surface area contributed by atoms with Crippen LogP contribution >= 0.6 is 0 Å². The highest BCUT2D eigenvalue weighted by molar-refractivity contribution is 5.93. The molecule has 0 saturated heterocycles. The minimum Gasteiger partial charge on any atom is -0.382 e. The highest BCUT2D eigenvalue weighted by Gasteiger charge is 2.33. The fourth-order valence-corrected chi connectivity index (χ4v) is 3.77. The second-order valence-corrected chi connectivity index (χ2v) is 7.83. The minimum atomic E-state index is 0.0194. The standard InChI is InChI=1S/C22H36N4O2/c1-5-28-15-14-22(12-6-7-13-22)17-25-21(23-2)24-16-18-8-10-19(11-9-18)20(27)26(3)4/h8-11H,5-7,12-17H2,1-4H3,(H2,23,24,25). The molecule has 1 aromatic carbocycles. The van der Waals surface area contributed by atoms with Gasteiger partial charge < -0.3 is 20.3 Å². The molecule has 28 heavy (non-hydrogen) atoms. The van der Waals surface area contributed by atoms with E-state index in [1.54, 1.807) is 26.0 Å². The van der Waals surface area contributed by atoms with E-state index in [0.717, 1.165) is 37.7 Å². The fraction of sp³-hybridized carbons (Fsp3) is 0.636. The molecule has 156 valence electrons. The van der Waals surface area contributed by atoms with Crippen LogP contribution in [0.5, 0.6) is 0 Å². The molecule has 0 spiro atoms. The molecule has 6 heteroatoms. The monoisotopic (exact) mass is 388 g/mol. The van der Waals surface area contributed by atoms with E-state index in [1.165, 1.54) is 25.7 Å². The summed E-state index contributed by atoms with van der Waals surface area (Å²) in [7, 11) is 5.33. The summed E-state index contributed by atoms with van der Waals surface area (Å²) in [6.07, 6.45) is 6.22. The van der Waals surface area contributed by atoms with Crippen LogP contribution in [0, 0.1) is 5.41 Å². The number of ether oxygens (including phenoxy) is 1. The number of guanidine groups is 1. The van der Waals surface area contributed by atoms with Gasteiger partial charge in [-0.2, -0.15) is 0 Å². The van der Waals surface area contributed by atoms with Crippen molar-refractivity contribution in [2.75, 3.05) is 40.9 Å². The average molecular weight is 389 g/mol. The Bertz CT molecular complexity index is 634. The lowest BCUT2D eigenvalue weighted by Crippen LogP contribution is -2.43. The van der Waals surface area contributed by atoms with Crippen LogP contribution in [0.15, 0.2) is 29.3 Å². The number of benzene rings is 1. The molecule has 0 heterocycles. The zero-order valence-corrected chi connectivity index (χ0v) is 17.9. The lowest BCUT2D eigenvalue weighted by Gasteiger charge is -2.30. The number of nitrogens with one attached hydrogen (secondary N) is 2. The van der Waals surface area contributed by atoms with Gasteiger partial charge >= 0.3 is 0 Å². The van der Waals surface area contributed by atoms with Crippen LogP contribution in [-0.4, -0.2) is 57.7 Å². The van der Waals surface area contributed by atoms with E-state index in [-0.39, 0.29) is 5.91 Å². The highest BCUT2D eigenvalue weighted by atomic mass is 16.5. The summed E-state index contributed by atoms with van der Waals surface area (Å²) in [6.45, 7) is 5.26. The van der Waals surface area contributed by atoms with Crippen molar-refractivity contribution in [3.63, 3.8) is 0 Å². The van der Waals surface area contributed by atoms with Gasteiger partial charge in [-0.3, -0.25) is 9.79 Å². The number of amides is 1. The molecule has 0 aliphatic heterocycles. The molecule has 1 amide bonds. The van der Waals surface area contributed by atoms with Crippen molar-refractivity contribution in [1.29, 1.82) is 0 Å². The average Bonchev–Trinajstić information content (AvgIpc) is 3.17. The Kier molecular flexibility index (Phi) is 8.77. The minimum absolute atomic E-state index is 0.0194. The molecule has 2 rings (SSSR count). The Labute approximate surface area is 169 Å². The Balaban J connectivity index is 1.84. The van der Waals surface area contributed by atoms with Gasteiger partial charge in [0.1, 0.15) is 0 Å². The number of hydrogen-bond acceptors (Lipinski definition) is 3. The van der Waals surface area contributed by atoms with Crippen LogP contribution in [-0.2, 0) is 11.3 Å². The Hall–Kier alpha value is -2.08. The first-order valence-electron chi connectivity index (χ1n) is 10.3. The maximum atomic E-state index is 12.0. The predicted octanol–water partition coefficient (Wildman–Crippen LogP) is 3.04. The van der Waals surface area contributed by atoms with Crippen molar-refractivity contribution in [2.45, 2.75) is 45.6 Å². The van der Waals surface area contributed by atoms with Gasteiger partial charge in [0, 0.05) is 53.0 Å². The van der Waals surface area contributed by atoms with Crippen LogP contribution in [0.25, 0.3) is 0 Å². The number of hydrogen-bond donors (Lipinski definition) is 2. The van der Waals surface area contributed by atoms with Gasteiger partial charge in [0.15, 0.2) is 5.96 Å². The van der Waals surface area contributed by atoms with Gasteiger partial charge in [-0.25, -0.2) is 0 Å². The zero-order valence-electron chi connectivity index (χ0n) is 17.9. The van der Waals surface area contributed by atoms with E-state index < -0.39 is 0 Å². The molecule has 2 N–H and O–H groups in total. The van der Waals surface area contributed by atoms with E-state index in [0.29, 0.717) is 17.5 Å². The predicted molar refractivity (Wildman–Crippen MR) is 115 cm³/mol. The quantitative estimate of drug-likeness (QED) is 0.388. The summed E-state index contributed by atoms with van der Waals surface area (Å²) < 4.78 is 5.60. The van der Waals surface area contributed by atoms with Crippen LogP contribution in [0.2, 0.25) is 0 Å². The van der Waals surface area contributed by atoms with Crippen molar-refractivity contribution in [2.24, 2.45) is 10.4 Å². The summed E-state index contributed by atoms with van der Waals surface area (Å²) in [5, 5.41) is 6.89. The van der Waals surface area contributed by atoms with Gasteiger partial charge in [-0.05, 0) is 49.3 Å². The van der Waals surface area contributed by atoms with Crippen molar-refractivity contribution in [3.8, 4) is 0 Å². The molecule has 1 fully saturated rings. The normalized spacial score (nSPS) is 16.1. The largest absolute Gasteiger partial charge is 0.382 e. The molecule has 0 unspecified atom stereocenters. The molecule has 0 radical (unpaired) electrons. The molecule has 1 aliphatic carbocycles. The van der Waals surface area contributed by atoms with E-state index in [9.17, 15) is 4.79 Å². The van der Waals surface area contributed by atoms with Gasteiger partial charge in [-0.15, -0.1) is 0 Å². The van der Waals surface area contributed by atoms with Crippen LogP contribution < -0.4 is 10.6 Å². The molecule has 1 aromatic rings. The molecule has 1 aliphatic rings. The molecule has 0 atom stereocenters. The van der Waals surface area contributed by atoms with E-state index in [1.807, 2.05) is 31.2 Å². The maximum absolute atomic E-state index is 12.0. The summed E-state index contributed by atoms with van der Waals surface area (Å²) in [5.41, 5.74) is 2.14. The second kappa shape index (κ2) is 11.1. The van der Waals surface area contributed by atoms with Crippen LogP contribution in [0.1, 0.15) is 54.9 Å². The summed E-state index contributed by atoms with van der Waals surface area (Å²) in [6, 6.07) is 7.71. The van der Waals surface area contributed by atoms with E-state index >= 15 is 0 Å². The molecule has 0 bridgehead atoms. The van der Waals surface area contributed by atoms with Gasteiger partial charge in [0.05, 0.1) is 0 Å². The number of nitrogens with zero attached hydrogens (tertiary/aromatic N) is 2. The smallest absolute Gasteiger partial charge is 0.253 e. The van der Waals surface area contributed by atoms with Gasteiger partial charge in [0.25, 0.3) is 5.91 Å². The molecule has 6 nitrogen and oxygen atoms in total. The summed E-state index contributed by atoms with van der Waals surface area (Å²) in [5.74, 6) is 0.835. The number of carbonyl (C=O) groups is 1. The van der Waals surface area contributed by atoms with Crippen molar-refractivity contribution in [3.05, 3.63) is 35.4 Å². The van der Waals surface area contributed by atoms with Gasteiger partial charge in [0.2, 0.25) is 0 Å². The SMILES string of the molecule is CCOCCC1(CNC(=NC)NCc2ccc(C(=O)N(C)C)cc2)CCCC1. The highest BCUT2D eigenvalue weighted by Crippen LogP contribution is 2.40. The first-order chi connectivity index (χ1) is 13.5. The summed E-state index contributed by atoms with van der Waals surface area (Å²) >= 11 is 0. The van der Waals surface area contributed by atoms with E-state index in [2.05, 4.69) is 15.6 Å². The van der Waals surface area contributed by atoms with Crippen LogP contribution in [0.4, 0.5) is 0 Å². The number of rotatable bonds is 9. The lowest BCUT2D eigenvalue weighted by atomic mass is 9.83. The fourth-order valence-electron chi connectivity index (χ4n) is 3.77. The van der Waals surface area contributed by atoms with Crippen molar-refractivity contribution in [1.82, 2.24) is 15.5 Å². The van der Waals surface area contributed by atoms with E-state index in [4.69, 9.17) is 4.74 Å². The van der Waals surface area contributed by atoms with Crippen molar-refractivity contribution < 1.29 is 9.53 Å². The van der Waals surface area contributed by atoms with Gasteiger partial charge in [-0.1, -0.05) is 25.0 Å². The zero-order chi connectivity index (χ0) is 20.4. The Morgan fingerprint density at radius 1 is 1.18 bits per heavy atom. The maximum Gasteiger partial charge on any atom is 0.253 e. The third-order valence-corrected chi connectivity index (χ3v) is 5.57. The first-order valence-corrected chi connectivity index (χ1v) is 10.3. The third-order valence-electron chi connectivity index (χ3n) is 5.57. The summed E-state index contributed by atoms with van der Waals surface area (Å²) in [4.78, 5) is 17.9. The number of aliphatic imine (C=N–C) groups is 1. The Morgan fingerprint density at radius 2 is 1.86 bits per heavy atom. The molecular weight excluding hydrogens is 352 g/mol. The van der Waals surface area contributed by atoms with Crippen LogP contribution in [0.3, 0.4) is 0 Å². The third kappa shape index (κ3) is 6.51. The lowest BCUT2D eigenvalue weighted by molar-refractivity contribution is 0.0827.